The zero-order valence-corrected chi connectivity index (χ0v) is 23.1. The molecule has 196 valence electrons. The van der Waals surface area contributed by atoms with E-state index >= 15 is 0 Å². The molecule has 0 saturated heterocycles. The van der Waals surface area contributed by atoms with Gasteiger partial charge >= 0.3 is 0 Å². The number of amides is 2. The zero-order chi connectivity index (χ0) is 27.2. The third kappa shape index (κ3) is 6.63. The van der Waals surface area contributed by atoms with Gasteiger partial charge < -0.3 is 20.9 Å². The summed E-state index contributed by atoms with van der Waals surface area (Å²) in [6, 6.07) is 22.8. The number of rotatable bonds is 7. The van der Waals surface area contributed by atoms with Gasteiger partial charge in [-0.3, -0.25) is 9.59 Å². The third-order valence-corrected chi connectivity index (χ3v) is 7.10. The summed E-state index contributed by atoms with van der Waals surface area (Å²) in [7, 11) is 3.97. The number of allylic oxidation sites excluding steroid dienone is 1. The van der Waals surface area contributed by atoms with Crippen LogP contribution in [0.4, 0.5) is 17.1 Å². The van der Waals surface area contributed by atoms with Gasteiger partial charge in [-0.15, -0.1) is 0 Å². The Hall–Kier alpha value is -4.04. The Bertz CT molecular complexity index is 1380. The fraction of sp³-hybridized carbons (Fsp3) is 0.233. The Morgan fingerprint density at radius 1 is 0.947 bits per heavy atom. The number of benzene rings is 3. The van der Waals surface area contributed by atoms with E-state index in [1.807, 2.05) is 113 Å². The molecular weight excluding hydrogens is 494 g/mol. The summed E-state index contributed by atoms with van der Waals surface area (Å²) in [5, 5.41) is 9.80. The SMILES string of the molecule is CC1=C(C(=O)Nc2ccccc2)[C@@H](c2ccc(N(C)C)cc2)N=C(SCC(=O)Nc2ccc(C)cc2C)N1. The lowest BCUT2D eigenvalue weighted by atomic mass is 9.95. The monoisotopic (exact) mass is 527 g/mol. The van der Waals surface area contributed by atoms with Crippen LogP contribution in [0, 0.1) is 13.8 Å². The Balaban J connectivity index is 1.55. The van der Waals surface area contributed by atoms with Crippen molar-refractivity contribution in [2.75, 3.05) is 35.4 Å². The van der Waals surface area contributed by atoms with Crippen molar-refractivity contribution in [3.05, 3.63) is 101 Å². The minimum atomic E-state index is -0.513. The van der Waals surface area contributed by atoms with Crippen molar-refractivity contribution in [1.29, 1.82) is 0 Å². The fourth-order valence-electron chi connectivity index (χ4n) is 4.20. The number of thioether (sulfide) groups is 1. The highest BCUT2D eigenvalue weighted by molar-refractivity contribution is 8.14. The Kier molecular flexibility index (Phi) is 8.53. The van der Waals surface area contributed by atoms with Crippen LogP contribution >= 0.6 is 11.8 Å². The smallest absolute Gasteiger partial charge is 0.255 e. The Morgan fingerprint density at radius 2 is 1.66 bits per heavy atom. The molecule has 0 spiro atoms. The first-order valence-corrected chi connectivity index (χ1v) is 13.4. The van der Waals surface area contributed by atoms with Gasteiger partial charge in [-0.25, -0.2) is 4.99 Å². The molecule has 1 heterocycles. The maximum atomic E-state index is 13.4. The number of para-hydroxylation sites is 1. The topological polar surface area (TPSA) is 85.8 Å². The van der Waals surface area contributed by atoms with Crippen molar-refractivity contribution in [3.8, 4) is 0 Å². The lowest BCUT2D eigenvalue weighted by Gasteiger charge is -2.26. The number of carbonyl (C=O) groups excluding carboxylic acids is 2. The van der Waals surface area contributed by atoms with Crippen LogP contribution in [0.2, 0.25) is 0 Å². The average molecular weight is 528 g/mol. The minimum Gasteiger partial charge on any atom is -0.378 e. The predicted molar refractivity (Wildman–Crippen MR) is 159 cm³/mol. The van der Waals surface area contributed by atoms with Crippen molar-refractivity contribution in [2.24, 2.45) is 4.99 Å². The van der Waals surface area contributed by atoms with Gasteiger partial charge in [0.25, 0.3) is 5.91 Å². The zero-order valence-electron chi connectivity index (χ0n) is 22.3. The van der Waals surface area contributed by atoms with E-state index in [1.54, 1.807) is 0 Å². The lowest BCUT2D eigenvalue weighted by Crippen LogP contribution is -2.32. The first-order chi connectivity index (χ1) is 18.2. The molecule has 8 heteroatoms. The van der Waals surface area contributed by atoms with Crippen LogP contribution in [0.15, 0.2) is 89.1 Å². The molecule has 2 amide bonds. The third-order valence-electron chi connectivity index (χ3n) is 6.22. The molecule has 0 aromatic heterocycles. The maximum absolute atomic E-state index is 13.4. The lowest BCUT2D eigenvalue weighted by molar-refractivity contribution is -0.114. The standard InChI is InChI=1S/C30H33N5O2S/c1-19-11-16-25(20(2)17-19)33-26(36)18-38-30-31-21(3)27(29(37)32-23-9-7-6-8-10-23)28(34-30)22-12-14-24(15-13-22)35(4)5/h6-17,28H,18H2,1-5H3,(H,31,34)(H,32,37)(H,33,36)/t28-/m1/s1. The van der Waals surface area contributed by atoms with E-state index in [9.17, 15) is 9.59 Å². The van der Waals surface area contributed by atoms with E-state index in [0.29, 0.717) is 22.1 Å². The van der Waals surface area contributed by atoms with E-state index in [0.717, 1.165) is 28.1 Å². The van der Waals surface area contributed by atoms with Crippen molar-refractivity contribution in [2.45, 2.75) is 26.8 Å². The second kappa shape index (κ2) is 12.0. The van der Waals surface area contributed by atoms with E-state index in [2.05, 4.69) is 16.0 Å². The number of carbonyl (C=O) groups is 2. The van der Waals surface area contributed by atoms with Crippen molar-refractivity contribution in [3.63, 3.8) is 0 Å². The molecule has 3 aromatic rings. The van der Waals surface area contributed by atoms with Gasteiger partial charge in [0.2, 0.25) is 5.91 Å². The van der Waals surface area contributed by atoms with E-state index in [4.69, 9.17) is 4.99 Å². The number of hydrogen-bond donors (Lipinski definition) is 3. The second-order valence-corrected chi connectivity index (χ2v) is 10.4. The molecule has 0 saturated carbocycles. The summed E-state index contributed by atoms with van der Waals surface area (Å²) < 4.78 is 0. The minimum absolute atomic E-state index is 0.118. The summed E-state index contributed by atoms with van der Waals surface area (Å²) >= 11 is 1.31. The highest BCUT2D eigenvalue weighted by atomic mass is 32.2. The first kappa shape index (κ1) is 27.0. The molecule has 38 heavy (non-hydrogen) atoms. The van der Waals surface area contributed by atoms with E-state index in [-0.39, 0.29) is 17.6 Å². The van der Waals surface area contributed by atoms with E-state index < -0.39 is 6.04 Å². The molecule has 0 aliphatic carbocycles. The highest BCUT2D eigenvalue weighted by Gasteiger charge is 2.30. The fourth-order valence-corrected chi connectivity index (χ4v) is 4.95. The normalized spacial score (nSPS) is 14.9. The quantitative estimate of drug-likeness (QED) is 0.370. The molecule has 7 nitrogen and oxygen atoms in total. The summed E-state index contributed by atoms with van der Waals surface area (Å²) in [6.45, 7) is 5.87. The summed E-state index contributed by atoms with van der Waals surface area (Å²) in [5.41, 5.74) is 6.87. The van der Waals surface area contributed by atoms with Crippen LogP contribution in [0.3, 0.4) is 0 Å². The second-order valence-electron chi connectivity index (χ2n) is 9.46. The van der Waals surface area contributed by atoms with Crippen LogP contribution in [-0.2, 0) is 9.59 Å². The van der Waals surface area contributed by atoms with Crippen LogP contribution in [0.5, 0.6) is 0 Å². The maximum Gasteiger partial charge on any atom is 0.255 e. The first-order valence-electron chi connectivity index (χ1n) is 12.4. The molecule has 0 unspecified atom stereocenters. The van der Waals surface area contributed by atoms with Crippen LogP contribution in [-0.4, -0.2) is 36.8 Å². The highest BCUT2D eigenvalue weighted by Crippen LogP contribution is 2.34. The molecule has 3 aromatic carbocycles. The van der Waals surface area contributed by atoms with Gasteiger partial charge in [-0.05, 0) is 62.2 Å². The molecule has 1 aliphatic heterocycles. The number of nitrogens with zero attached hydrogens (tertiary/aromatic N) is 2. The molecular formula is C30H33N5O2S. The van der Waals surface area contributed by atoms with Crippen molar-refractivity contribution in [1.82, 2.24) is 5.32 Å². The number of hydrogen-bond acceptors (Lipinski definition) is 6. The largest absolute Gasteiger partial charge is 0.378 e. The van der Waals surface area contributed by atoms with Gasteiger partial charge in [0.1, 0.15) is 6.04 Å². The number of anilines is 3. The van der Waals surface area contributed by atoms with Gasteiger partial charge in [-0.1, -0.05) is 59.8 Å². The van der Waals surface area contributed by atoms with Gasteiger partial charge in [-0.2, -0.15) is 0 Å². The summed E-state index contributed by atoms with van der Waals surface area (Å²) in [6.07, 6.45) is 0. The molecule has 1 atom stereocenters. The van der Waals surface area contributed by atoms with Gasteiger partial charge in [0.15, 0.2) is 5.17 Å². The number of aliphatic imine (C=N–C) groups is 1. The van der Waals surface area contributed by atoms with Gasteiger partial charge in [0.05, 0.1) is 11.3 Å². The molecule has 4 rings (SSSR count). The summed E-state index contributed by atoms with van der Waals surface area (Å²) in [5.74, 6) is -0.152. The van der Waals surface area contributed by atoms with E-state index in [1.165, 1.54) is 11.8 Å². The van der Waals surface area contributed by atoms with Crippen LogP contribution < -0.4 is 20.9 Å². The number of nitrogens with one attached hydrogen (secondary N) is 3. The summed E-state index contributed by atoms with van der Waals surface area (Å²) in [4.78, 5) is 33.0. The number of aryl methyl sites for hydroxylation is 2. The van der Waals surface area contributed by atoms with Gasteiger partial charge in [0, 0.05) is 36.9 Å². The Morgan fingerprint density at radius 3 is 2.32 bits per heavy atom. The average Bonchev–Trinajstić information content (AvgIpc) is 2.89. The van der Waals surface area contributed by atoms with Crippen molar-refractivity contribution < 1.29 is 9.59 Å². The Labute approximate surface area is 228 Å². The molecule has 0 bridgehead atoms. The molecule has 3 N–H and O–H groups in total. The van der Waals surface area contributed by atoms with Crippen LogP contribution in [0.25, 0.3) is 0 Å². The number of amidine groups is 1. The molecule has 0 fully saturated rings. The molecule has 0 radical (unpaired) electrons. The van der Waals surface area contributed by atoms with Crippen LogP contribution in [0.1, 0.15) is 29.7 Å². The van der Waals surface area contributed by atoms with Crippen molar-refractivity contribution >= 4 is 45.8 Å². The predicted octanol–water partition coefficient (Wildman–Crippen LogP) is 5.65. The molecule has 1 aliphatic rings.